The molecule has 0 amide bonds. The van der Waals surface area contributed by atoms with Gasteiger partial charge in [0.05, 0.1) is 0 Å². The van der Waals surface area contributed by atoms with Crippen molar-refractivity contribution in [1.29, 1.82) is 0 Å². The van der Waals surface area contributed by atoms with E-state index in [0.29, 0.717) is 11.8 Å². The van der Waals surface area contributed by atoms with Crippen molar-refractivity contribution in [3.05, 3.63) is 4.60 Å². The zero-order chi connectivity index (χ0) is 12.3. The minimum Gasteiger partial charge on any atom is -0.235 e. The van der Waals surface area contributed by atoms with Gasteiger partial charge in [0.2, 0.25) is 5.03 Å². The summed E-state index contributed by atoms with van der Waals surface area (Å²) in [5, 5.41) is 7.87. The summed E-state index contributed by atoms with van der Waals surface area (Å²) < 4.78 is 28.0. The monoisotopic (exact) mass is 374 g/mol. The van der Waals surface area contributed by atoms with E-state index in [-0.39, 0.29) is 15.7 Å². The first-order chi connectivity index (χ1) is 7.42. The quantitative estimate of drug-likeness (QED) is 0.779. The van der Waals surface area contributed by atoms with Gasteiger partial charge in [-0.3, -0.25) is 0 Å². The second-order valence-corrected chi connectivity index (χ2v) is 6.22. The molecule has 0 spiro atoms. The van der Waals surface area contributed by atoms with Gasteiger partial charge >= 0.3 is 0 Å². The van der Waals surface area contributed by atoms with Crippen LogP contribution in [0, 0.1) is 0 Å². The maximum Gasteiger partial charge on any atom is 0.260 e. The number of rotatable bonds is 5. The van der Waals surface area contributed by atoms with Gasteiger partial charge in [-0.15, -0.1) is 5.10 Å². The first-order valence-electron chi connectivity index (χ1n) is 4.55. The molecule has 1 unspecified atom stereocenters. The highest BCUT2D eigenvalue weighted by Gasteiger charge is 2.25. The van der Waals surface area contributed by atoms with E-state index in [2.05, 4.69) is 46.9 Å². The molecular weight excluding hydrogens is 364 g/mol. The van der Waals surface area contributed by atoms with Gasteiger partial charge in [0.25, 0.3) is 10.0 Å². The third-order valence-corrected chi connectivity index (χ3v) is 5.18. The van der Waals surface area contributed by atoms with Gasteiger partial charge in [-0.1, -0.05) is 28.1 Å². The van der Waals surface area contributed by atoms with Crippen molar-refractivity contribution < 1.29 is 8.42 Å². The standard InChI is InChI=1S/C7H12Br2N4O2S/c1-3-5(4-8)11-16(14,15)7-6(9)10-12-13(7)2/h5,11H,3-4H2,1-2H3. The summed E-state index contributed by atoms with van der Waals surface area (Å²) in [6, 6.07) is -0.146. The molecule has 9 heteroatoms. The van der Waals surface area contributed by atoms with Gasteiger partial charge in [-0.05, 0) is 22.4 Å². The normalized spacial score (nSPS) is 14.0. The van der Waals surface area contributed by atoms with Crippen molar-refractivity contribution >= 4 is 41.9 Å². The number of halogens is 2. The third kappa shape index (κ3) is 3.02. The van der Waals surface area contributed by atoms with E-state index in [1.165, 1.54) is 11.7 Å². The fourth-order valence-corrected chi connectivity index (χ4v) is 4.36. The Balaban J connectivity index is 3.03. The zero-order valence-corrected chi connectivity index (χ0v) is 12.8. The molecule has 16 heavy (non-hydrogen) atoms. The molecule has 1 aromatic rings. The smallest absolute Gasteiger partial charge is 0.235 e. The summed E-state index contributed by atoms with van der Waals surface area (Å²) in [6.07, 6.45) is 0.702. The summed E-state index contributed by atoms with van der Waals surface area (Å²) in [6.45, 7) is 1.91. The summed E-state index contributed by atoms with van der Waals surface area (Å²) in [5.41, 5.74) is 0. The van der Waals surface area contributed by atoms with Crippen molar-refractivity contribution in [3.63, 3.8) is 0 Å². The van der Waals surface area contributed by atoms with Crippen LogP contribution in [-0.4, -0.2) is 34.8 Å². The minimum atomic E-state index is -3.59. The van der Waals surface area contributed by atoms with Gasteiger partial charge in [0.1, 0.15) is 0 Å². The molecule has 1 aromatic heterocycles. The van der Waals surface area contributed by atoms with Crippen LogP contribution in [0.15, 0.2) is 9.63 Å². The van der Waals surface area contributed by atoms with Crippen LogP contribution >= 0.6 is 31.9 Å². The van der Waals surface area contributed by atoms with Crippen molar-refractivity contribution in [1.82, 2.24) is 19.7 Å². The van der Waals surface area contributed by atoms with Crippen LogP contribution < -0.4 is 4.72 Å². The van der Waals surface area contributed by atoms with Crippen LogP contribution in [0.5, 0.6) is 0 Å². The molecule has 0 saturated carbocycles. The predicted octanol–water partition coefficient (Wildman–Crippen LogP) is 1.03. The van der Waals surface area contributed by atoms with Gasteiger partial charge in [-0.2, -0.15) is 0 Å². The molecule has 6 nitrogen and oxygen atoms in total. The lowest BCUT2D eigenvalue weighted by Crippen LogP contribution is -2.36. The van der Waals surface area contributed by atoms with Crippen molar-refractivity contribution in [2.75, 3.05) is 5.33 Å². The number of sulfonamides is 1. The number of aromatic nitrogens is 3. The molecule has 1 heterocycles. The van der Waals surface area contributed by atoms with E-state index in [0.717, 1.165) is 0 Å². The van der Waals surface area contributed by atoms with Gasteiger partial charge in [-0.25, -0.2) is 17.8 Å². The van der Waals surface area contributed by atoms with Gasteiger partial charge in [0.15, 0.2) is 4.60 Å². The number of nitrogens with zero attached hydrogens (tertiary/aromatic N) is 3. The van der Waals surface area contributed by atoms with Crippen LogP contribution in [0.1, 0.15) is 13.3 Å². The zero-order valence-electron chi connectivity index (χ0n) is 8.81. The Bertz CT molecular complexity index is 435. The maximum atomic E-state index is 12.0. The van der Waals surface area contributed by atoms with Crippen LogP contribution in [0.4, 0.5) is 0 Å². The molecule has 0 bridgehead atoms. The van der Waals surface area contributed by atoms with E-state index < -0.39 is 10.0 Å². The fraction of sp³-hybridized carbons (Fsp3) is 0.714. The first-order valence-corrected chi connectivity index (χ1v) is 7.95. The third-order valence-electron chi connectivity index (χ3n) is 1.99. The lowest BCUT2D eigenvalue weighted by atomic mass is 10.3. The van der Waals surface area contributed by atoms with E-state index >= 15 is 0 Å². The molecule has 0 radical (unpaired) electrons. The number of alkyl halides is 1. The van der Waals surface area contributed by atoms with Crippen LogP contribution in [-0.2, 0) is 17.1 Å². The van der Waals surface area contributed by atoms with Gasteiger partial charge < -0.3 is 0 Å². The van der Waals surface area contributed by atoms with Crippen LogP contribution in [0.2, 0.25) is 0 Å². The number of aryl methyl sites for hydroxylation is 1. The van der Waals surface area contributed by atoms with Crippen LogP contribution in [0.25, 0.3) is 0 Å². The Morgan fingerprint density at radius 1 is 1.56 bits per heavy atom. The second-order valence-electron chi connectivity index (χ2n) is 3.19. The molecule has 1 rings (SSSR count). The van der Waals surface area contributed by atoms with E-state index in [1.54, 1.807) is 0 Å². The molecule has 1 atom stereocenters. The Kier molecular flexibility index (Phi) is 4.89. The Hall–Kier alpha value is 0.0100. The fourth-order valence-electron chi connectivity index (χ4n) is 1.11. The topological polar surface area (TPSA) is 76.9 Å². The molecule has 0 fully saturated rings. The summed E-state index contributed by atoms with van der Waals surface area (Å²) in [5.74, 6) is 0. The minimum absolute atomic E-state index is 0.0342. The molecule has 92 valence electrons. The highest BCUT2D eigenvalue weighted by atomic mass is 79.9. The lowest BCUT2D eigenvalue weighted by molar-refractivity contribution is 0.541. The molecule has 1 N–H and O–H groups in total. The molecule has 0 aliphatic carbocycles. The Morgan fingerprint density at radius 3 is 2.56 bits per heavy atom. The predicted molar refractivity (Wildman–Crippen MR) is 66.9 cm³/mol. The first kappa shape index (κ1) is 14.1. The largest absolute Gasteiger partial charge is 0.260 e. The second kappa shape index (κ2) is 5.56. The number of hydrogen-bond donors (Lipinski definition) is 1. The Labute approximate surface area is 111 Å². The number of hydrogen-bond acceptors (Lipinski definition) is 4. The van der Waals surface area contributed by atoms with Gasteiger partial charge in [0, 0.05) is 18.4 Å². The summed E-state index contributed by atoms with van der Waals surface area (Å²) in [4.78, 5) is 0. The van der Waals surface area contributed by atoms with Crippen molar-refractivity contribution in [3.8, 4) is 0 Å². The molecule has 0 aliphatic heterocycles. The highest BCUT2D eigenvalue weighted by molar-refractivity contribution is 9.10. The van der Waals surface area contributed by atoms with E-state index in [1.807, 2.05) is 6.92 Å². The molecule has 0 aliphatic rings. The molecular formula is C7H12Br2N4O2S. The van der Waals surface area contributed by atoms with E-state index in [9.17, 15) is 8.42 Å². The van der Waals surface area contributed by atoms with Crippen molar-refractivity contribution in [2.24, 2.45) is 7.05 Å². The summed E-state index contributed by atoms with van der Waals surface area (Å²) >= 11 is 6.31. The number of nitrogens with one attached hydrogen (secondary N) is 1. The summed E-state index contributed by atoms with van der Waals surface area (Å²) in [7, 11) is -2.06. The van der Waals surface area contributed by atoms with E-state index in [4.69, 9.17) is 0 Å². The SMILES string of the molecule is CCC(CBr)NS(=O)(=O)c1c(Br)nnn1C. The molecule has 0 aromatic carbocycles. The van der Waals surface area contributed by atoms with Crippen molar-refractivity contribution in [2.45, 2.75) is 24.4 Å². The Morgan fingerprint density at radius 2 is 2.19 bits per heavy atom. The highest BCUT2D eigenvalue weighted by Crippen LogP contribution is 2.18. The average molecular weight is 376 g/mol. The average Bonchev–Trinajstić information content (AvgIpc) is 2.55. The molecule has 0 saturated heterocycles. The lowest BCUT2D eigenvalue weighted by Gasteiger charge is -2.13. The maximum absolute atomic E-state index is 12.0. The van der Waals surface area contributed by atoms with Crippen LogP contribution in [0.3, 0.4) is 0 Å².